The van der Waals surface area contributed by atoms with Crippen LogP contribution in [0.25, 0.3) is 0 Å². The Morgan fingerprint density at radius 2 is 2.25 bits per heavy atom. The van der Waals surface area contributed by atoms with Crippen molar-refractivity contribution >= 4 is 11.8 Å². The maximum Gasteiger partial charge on any atom is 0.234 e. The van der Waals surface area contributed by atoms with Gasteiger partial charge < -0.3 is 15.0 Å². The number of methoxy groups -OCH3 is 1. The van der Waals surface area contributed by atoms with Gasteiger partial charge in [0.15, 0.2) is 0 Å². The van der Waals surface area contributed by atoms with Gasteiger partial charge in [0.05, 0.1) is 6.54 Å². The molecule has 1 heterocycles. The first kappa shape index (κ1) is 16.9. The van der Waals surface area contributed by atoms with Gasteiger partial charge in [-0.3, -0.25) is 14.5 Å². The molecule has 0 unspecified atom stereocenters. The first-order valence-electron chi connectivity index (χ1n) is 7.35. The molecule has 0 aliphatic carbocycles. The van der Waals surface area contributed by atoms with Crippen LogP contribution in [0.3, 0.4) is 0 Å². The number of ether oxygens (including phenoxy) is 1. The minimum atomic E-state index is 0.0395. The van der Waals surface area contributed by atoms with E-state index in [1.165, 1.54) is 0 Å². The second-order valence-corrected chi connectivity index (χ2v) is 5.27. The van der Waals surface area contributed by atoms with E-state index in [9.17, 15) is 9.59 Å². The van der Waals surface area contributed by atoms with Gasteiger partial charge in [-0.05, 0) is 26.3 Å². The van der Waals surface area contributed by atoms with Crippen LogP contribution in [0.4, 0.5) is 0 Å². The predicted molar refractivity (Wildman–Crippen MR) is 77.4 cm³/mol. The maximum atomic E-state index is 11.7. The number of rotatable bonds is 10. The second kappa shape index (κ2) is 9.72. The molecule has 1 N–H and O–H groups in total. The monoisotopic (exact) mass is 285 g/mol. The van der Waals surface area contributed by atoms with Crippen LogP contribution in [0.5, 0.6) is 0 Å². The van der Waals surface area contributed by atoms with Gasteiger partial charge in [0.25, 0.3) is 0 Å². The summed E-state index contributed by atoms with van der Waals surface area (Å²) in [7, 11) is 3.61. The molecule has 6 nitrogen and oxygen atoms in total. The van der Waals surface area contributed by atoms with Crippen LogP contribution < -0.4 is 5.32 Å². The summed E-state index contributed by atoms with van der Waals surface area (Å²) in [4.78, 5) is 26.9. The van der Waals surface area contributed by atoms with E-state index in [0.29, 0.717) is 19.5 Å². The van der Waals surface area contributed by atoms with Crippen molar-refractivity contribution in [2.45, 2.75) is 25.7 Å². The second-order valence-electron chi connectivity index (χ2n) is 5.27. The standard InChI is InChI=1S/C14H27N3O3/c1-16(8-5-11-20-2)12-13(18)15-7-4-10-17-9-3-6-14(17)19/h3-12H2,1-2H3,(H,15,18). The Balaban J connectivity index is 2.00. The highest BCUT2D eigenvalue weighted by molar-refractivity contribution is 5.78. The number of nitrogens with zero attached hydrogens (tertiary/aromatic N) is 2. The fourth-order valence-corrected chi connectivity index (χ4v) is 2.30. The smallest absolute Gasteiger partial charge is 0.234 e. The zero-order valence-corrected chi connectivity index (χ0v) is 12.7. The fraction of sp³-hybridized carbons (Fsp3) is 0.857. The summed E-state index contributed by atoms with van der Waals surface area (Å²) in [5.74, 6) is 0.284. The Labute approximate surface area is 121 Å². The van der Waals surface area contributed by atoms with E-state index in [1.807, 2.05) is 16.8 Å². The van der Waals surface area contributed by atoms with Gasteiger partial charge in [0, 0.05) is 46.3 Å². The molecule has 20 heavy (non-hydrogen) atoms. The van der Waals surface area contributed by atoms with Gasteiger partial charge in [-0.2, -0.15) is 0 Å². The average molecular weight is 285 g/mol. The molecule has 6 heteroatoms. The van der Waals surface area contributed by atoms with Gasteiger partial charge in [-0.15, -0.1) is 0 Å². The third-order valence-corrected chi connectivity index (χ3v) is 3.40. The quantitative estimate of drug-likeness (QED) is 0.578. The average Bonchev–Trinajstić information content (AvgIpc) is 2.80. The lowest BCUT2D eigenvalue weighted by Gasteiger charge is -2.17. The Bertz CT molecular complexity index is 310. The molecule has 0 radical (unpaired) electrons. The van der Waals surface area contributed by atoms with E-state index in [4.69, 9.17) is 4.74 Å². The largest absolute Gasteiger partial charge is 0.385 e. The summed E-state index contributed by atoms with van der Waals surface area (Å²) in [5, 5.41) is 2.89. The first-order chi connectivity index (χ1) is 9.63. The van der Waals surface area contributed by atoms with E-state index < -0.39 is 0 Å². The fourth-order valence-electron chi connectivity index (χ4n) is 2.30. The van der Waals surface area contributed by atoms with Gasteiger partial charge in [0.2, 0.25) is 11.8 Å². The van der Waals surface area contributed by atoms with Crippen LogP contribution in [0.15, 0.2) is 0 Å². The molecule has 0 atom stereocenters. The van der Waals surface area contributed by atoms with Crippen LogP contribution in [0, 0.1) is 0 Å². The van der Waals surface area contributed by atoms with Gasteiger partial charge in [0.1, 0.15) is 0 Å². The summed E-state index contributed by atoms with van der Waals surface area (Å²) in [6.45, 7) is 4.23. The normalized spacial score (nSPS) is 15.2. The number of hydrogen-bond donors (Lipinski definition) is 1. The van der Waals surface area contributed by atoms with E-state index in [0.717, 1.165) is 45.5 Å². The zero-order chi connectivity index (χ0) is 14.8. The van der Waals surface area contributed by atoms with Crippen molar-refractivity contribution in [3.8, 4) is 0 Å². The number of carbonyl (C=O) groups is 2. The summed E-state index contributed by atoms with van der Waals surface area (Å²) >= 11 is 0. The van der Waals surface area contributed by atoms with Crippen molar-refractivity contribution in [3.05, 3.63) is 0 Å². The summed E-state index contributed by atoms with van der Waals surface area (Å²) < 4.78 is 4.97. The highest BCUT2D eigenvalue weighted by atomic mass is 16.5. The molecule has 0 bridgehead atoms. The van der Waals surface area contributed by atoms with E-state index in [2.05, 4.69) is 5.32 Å². The van der Waals surface area contributed by atoms with E-state index in [1.54, 1.807) is 7.11 Å². The maximum absolute atomic E-state index is 11.7. The van der Waals surface area contributed by atoms with E-state index in [-0.39, 0.29) is 11.8 Å². The molecule has 0 aromatic rings. The van der Waals surface area contributed by atoms with Crippen molar-refractivity contribution in [1.29, 1.82) is 0 Å². The third kappa shape index (κ3) is 6.86. The number of amides is 2. The number of nitrogens with one attached hydrogen (secondary N) is 1. The highest BCUT2D eigenvalue weighted by Gasteiger charge is 2.19. The van der Waals surface area contributed by atoms with Crippen molar-refractivity contribution in [3.63, 3.8) is 0 Å². The molecule has 0 spiro atoms. The topological polar surface area (TPSA) is 61.9 Å². The number of hydrogen-bond acceptors (Lipinski definition) is 4. The van der Waals surface area contributed by atoms with Crippen molar-refractivity contribution in [2.24, 2.45) is 0 Å². The molecule has 1 aliphatic rings. The number of likely N-dealkylation sites (N-methyl/N-ethyl adjacent to an activating group) is 1. The molecule has 0 saturated carbocycles. The lowest BCUT2D eigenvalue weighted by molar-refractivity contribution is -0.127. The summed E-state index contributed by atoms with van der Waals surface area (Å²) in [6.07, 6.45) is 3.40. The predicted octanol–water partition coefficient (Wildman–Crippen LogP) is 0.0834. The van der Waals surface area contributed by atoms with Gasteiger partial charge >= 0.3 is 0 Å². The number of carbonyl (C=O) groups excluding carboxylic acids is 2. The molecule has 0 aromatic carbocycles. The molecular weight excluding hydrogens is 258 g/mol. The molecule has 2 amide bonds. The summed E-state index contributed by atoms with van der Waals surface area (Å²) in [6, 6.07) is 0. The first-order valence-corrected chi connectivity index (χ1v) is 7.35. The number of likely N-dealkylation sites (tertiary alicyclic amines) is 1. The van der Waals surface area contributed by atoms with Crippen LogP contribution in [0.2, 0.25) is 0 Å². The van der Waals surface area contributed by atoms with Crippen LogP contribution in [-0.2, 0) is 14.3 Å². The molecule has 1 rings (SSSR count). The lowest BCUT2D eigenvalue weighted by Crippen LogP contribution is -2.37. The van der Waals surface area contributed by atoms with Crippen molar-refractivity contribution in [2.75, 3.05) is 53.5 Å². The zero-order valence-electron chi connectivity index (χ0n) is 12.7. The van der Waals surface area contributed by atoms with Crippen LogP contribution in [-0.4, -0.2) is 75.1 Å². The van der Waals surface area contributed by atoms with Gasteiger partial charge in [-0.1, -0.05) is 0 Å². The lowest BCUT2D eigenvalue weighted by atomic mass is 10.3. The summed E-state index contributed by atoms with van der Waals surface area (Å²) in [5.41, 5.74) is 0. The Kier molecular flexibility index (Phi) is 8.22. The van der Waals surface area contributed by atoms with Crippen molar-refractivity contribution < 1.29 is 14.3 Å². The molecule has 1 fully saturated rings. The molecule has 1 aliphatic heterocycles. The van der Waals surface area contributed by atoms with Crippen LogP contribution in [0.1, 0.15) is 25.7 Å². The van der Waals surface area contributed by atoms with Crippen LogP contribution >= 0.6 is 0 Å². The Hall–Kier alpha value is -1.14. The minimum absolute atomic E-state index is 0.0395. The Morgan fingerprint density at radius 3 is 2.90 bits per heavy atom. The molecule has 116 valence electrons. The SMILES string of the molecule is COCCCN(C)CC(=O)NCCCN1CCCC1=O. The minimum Gasteiger partial charge on any atom is -0.385 e. The molecule has 0 aromatic heterocycles. The molecule has 1 saturated heterocycles. The highest BCUT2D eigenvalue weighted by Crippen LogP contribution is 2.09. The van der Waals surface area contributed by atoms with Gasteiger partial charge in [-0.25, -0.2) is 0 Å². The van der Waals surface area contributed by atoms with Crippen molar-refractivity contribution in [1.82, 2.24) is 15.1 Å². The third-order valence-electron chi connectivity index (χ3n) is 3.40. The van der Waals surface area contributed by atoms with E-state index >= 15 is 0 Å². The molecular formula is C14H27N3O3. The Morgan fingerprint density at radius 1 is 1.45 bits per heavy atom.